The van der Waals surface area contributed by atoms with Crippen molar-refractivity contribution in [1.82, 2.24) is 4.31 Å². The summed E-state index contributed by atoms with van der Waals surface area (Å²) in [7, 11) is -2.05. The van der Waals surface area contributed by atoms with Crippen LogP contribution in [-0.4, -0.2) is 44.8 Å². The molecule has 1 amide bonds. The number of ether oxygens (including phenoxy) is 1. The molecule has 30 heavy (non-hydrogen) atoms. The highest BCUT2D eigenvalue weighted by Crippen LogP contribution is 2.33. The fraction of sp³-hybridized carbons (Fsp3) is 0.429. The molecule has 0 aliphatic rings. The van der Waals surface area contributed by atoms with Crippen molar-refractivity contribution in [3.8, 4) is 0 Å². The first-order chi connectivity index (χ1) is 14.1. The molecule has 0 aliphatic heterocycles. The number of nitrogens with one attached hydrogen (secondary N) is 1. The Morgan fingerprint density at radius 1 is 1.13 bits per heavy atom. The number of amides is 1. The maximum Gasteiger partial charge on any atom is 0.341 e. The van der Waals surface area contributed by atoms with Crippen molar-refractivity contribution < 1.29 is 22.7 Å². The van der Waals surface area contributed by atoms with Crippen molar-refractivity contribution in [2.24, 2.45) is 0 Å². The van der Waals surface area contributed by atoms with Crippen LogP contribution in [0.15, 0.2) is 29.2 Å². The van der Waals surface area contributed by atoms with E-state index < -0.39 is 21.9 Å². The highest BCUT2D eigenvalue weighted by atomic mass is 32.2. The quantitative estimate of drug-likeness (QED) is 0.575. The van der Waals surface area contributed by atoms with E-state index in [-0.39, 0.29) is 11.5 Å². The summed E-state index contributed by atoms with van der Waals surface area (Å²) in [6.45, 7) is 8.07. The third-order valence-electron chi connectivity index (χ3n) is 4.74. The predicted octanol–water partition coefficient (Wildman–Crippen LogP) is 4.21. The van der Waals surface area contributed by atoms with Gasteiger partial charge in [0, 0.05) is 24.0 Å². The van der Waals surface area contributed by atoms with Crippen LogP contribution in [0, 0.1) is 13.8 Å². The summed E-state index contributed by atoms with van der Waals surface area (Å²) in [5.41, 5.74) is 1.42. The normalized spacial score (nSPS) is 11.5. The number of esters is 1. The van der Waals surface area contributed by atoms with Gasteiger partial charge in [-0.25, -0.2) is 17.5 Å². The van der Waals surface area contributed by atoms with Gasteiger partial charge in [0.2, 0.25) is 10.0 Å². The highest BCUT2D eigenvalue weighted by molar-refractivity contribution is 7.89. The summed E-state index contributed by atoms with van der Waals surface area (Å²) < 4.78 is 31.6. The number of hydrogen-bond donors (Lipinski definition) is 1. The second kappa shape index (κ2) is 10.2. The maximum absolute atomic E-state index is 12.7. The Hall–Kier alpha value is -2.23. The number of hydrogen-bond acceptors (Lipinski definition) is 6. The second-order valence-electron chi connectivity index (χ2n) is 6.87. The van der Waals surface area contributed by atoms with E-state index in [9.17, 15) is 18.0 Å². The van der Waals surface area contributed by atoms with E-state index in [2.05, 4.69) is 5.32 Å². The zero-order chi connectivity index (χ0) is 22.5. The standard InChI is InChI=1S/C21H28N2O5S2/c1-6-8-13-23(5)30(26,27)17-11-9-16(10-12-17)19(24)22-20-18(21(25)28-7-2)14(3)15(4)29-20/h9-12H,6-8,13H2,1-5H3,(H,22,24). The molecule has 7 nitrogen and oxygen atoms in total. The van der Waals surface area contributed by atoms with E-state index in [0.29, 0.717) is 22.7 Å². The minimum absolute atomic E-state index is 0.132. The molecule has 0 fully saturated rings. The summed E-state index contributed by atoms with van der Waals surface area (Å²) >= 11 is 1.30. The molecule has 2 aromatic rings. The Bertz CT molecular complexity index is 1010. The third-order valence-corrected chi connectivity index (χ3v) is 7.74. The molecule has 0 saturated carbocycles. The summed E-state index contributed by atoms with van der Waals surface area (Å²) in [4.78, 5) is 26.0. The first-order valence-corrected chi connectivity index (χ1v) is 12.0. The summed E-state index contributed by atoms with van der Waals surface area (Å²) in [5, 5.41) is 3.18. The largest absolute Gasteiger partial charge is 0.462 e. The van der Waals surface area contributed by atoms with Crippen LogP contribution < -0.4 is 5.32 Å². The second-order valence-corrected chi connectivity index (χ2v) is 10.1. The van der Waals surface area contributed by atoms with Gasteiger partial charge in [0.15, 0.2) is 0 Å². The molecule has 0 atom stereocenters. The number of benzene rings is 1. The minimum Gasteiger partial charge on any atom is -0.462 e. The Morgan fingerprint density at radius 2 is 1.77 bits per heavy atom. The van der Waals surface area contributed by atoms with E-state index in [1.165, 1.54) is 39.9 Å². The number of thiophene rings is 1. The van der Waals surface area contributed by atoms with Crippen LogP contribution in [0.2, 0.25) is 0 Å². The van der Waals surface area contributed by atoms with Crippen LogP contribution >= 0.6 is 11.3 Å². The molecule has 9 heteroatoms. The molecule has 0 radical (unpaired) electrons. The number of sulfonamides is 1. The third kappa shape index (κ3) is 5.27. The molecule has 1 aromatic heterocycles. The number of rotatable bonds is 9. The average molecular weight is 453 g/mol. The Morgan fingerprint density at radius 3 is 2.33 bits per heavy atom. The Labute approximate surface area is 182 Å². The van der Waals surface area contributed by atoms with E-state index in [0.717, 1.165) is 23.3 Å². The molecular formula is C21H28N2O5S2. The lowest BCUT2D eigenvalue weighted by Gasteiger charge is -2.17. The number of nitrogens with zero attached hydrogens (tertiary/aromatic N) is 1. The van der Waals surface area contributed by atoms with E-state index in [1.54, 1.807) is 14.0 Å². The lowest BCUT2D eigenvalue weighted by molar-refractivity contribution is 0.0527. The number of anilines is 1. The van der Waals surface area contributed by atoms with Crippen molar-refractivity contribution in [1.29, 1.82) is 0 Å². The molecule has 164 valence electrons. The molecule has 1 heterocycles. The zero-order valence-corrected chi connectivity index (χ0v) is 19.6. The Kier molecular flexibility index (Phi) is 8.17. The first kappa shape index (κ1) is 24.0. The van der Waals surface area contributed by atoms with Crippen molar-refractivity contribution in [2.45, 2.75) is 45.4 Å². The van der Waals surface area contributed by atoms with Gasteiger partial charge in [-0.05, 0) is 57.0 Å². The summed E-state index contributed by atoms with van der Waals surface area (Å²) in [6, 6.07) is 5.77. The summed E-state index contributed by atoms with van der Waals surface area (Å²) in [6.07, 6.45) is 1.67. The number of carbonyl (C=O) groups excluding carboxylic acids is 2. The van der Waals surface area contributed by atoms with Gasteiger partial charge < -0.3 is 10.1 Å². The number of carbonyl (C=O) groups is 2. The molecule has 0 spiro atoms. The first-order valence-electron chi connectivity index (χ1n) is 9.78. The van der Waals surface area contributed by atoms with Crippen LogP contribution in [0.1, 0.15) is 57.8 Å². The lowest BCUT2D eigenvalue weighted by atomic mass is 10.1. The monoisotopic (exact) mass is 452 g/mol. The number of aryl methyl sites for hydroxylation is 1. The van der Waals surface area contributed by atoms with Gasteiger partial charge in [-0.2, -0.15) is 0 Å². The molecule has 0 bridgehead atoms. The topological polar surface area (TPSA) is 92.8 Å². The van der Waals surface area contributed by atoms with Crippen molar-refractivity contribution in [3.63, 3.8) is 0 Å². The van der Waals surface area contributed by atoms with Crippen LogP contribution in [0.3, 0.4) is 0 Å². The smallest absolute Gasteiger partial charge is 0.341 e. The zero-order valence-electron chi connectivity index (χ0n) is 17.9. The molecule has 2 rings (SSSR count). The van der Waals surface area contributed by atoms with Gasteiger partial charge in [0.1, 0.15) is 5.00 Å². The molecule has 1 aromatic carbocycles. The van der Waals surface area contributed by atoms with Crippen molar-refractivity contribution in [3.05, 3.63) is 45.8 Å². The fourth-order valence-electron chi connectivity index (χ4n) is 2.80. The van der Waals surface area contributed by atoms with Crippen LogP contribution in [-0.2, 0) is 14.8 Å². The lowest BCUT2D eigenvalue weighted by Crippen LogP contribution is -2.28. The van der Waals surface area contributed by atoms with E-state index in [4.69, 9.17) is 4.74 Å². The number of unbranched alkanes of at least 4 members (excludes halogenated alkanes) is 1. The van der Waals surface area contributed by atoms with Gasteiger partial charge in [-0.3, -0.25) is 4.79 Å². The Balaban J connectivity index is 2.22. The fourth-order valence-corrected chi connectivity index (χ4v) is 5.05. The van der Waals surface area contributed by atoms with Gasteiger partial charge in [0.25, 0.3) is 5.91 Å². The van der Waals surface area contributed by atoms with Crippen LogP contribution in [0.25, 0.3) is 0 Å². The molecule has 0 aliphatic carbocycles. The van der Waals surface area contributed by atoms with E-state index in [1.807, 2.05) is 20.8 Å². The molecule has 0 unspecified atom stereocenters. The molecular weight excluding hydrogens is 424 g/mol. The molecule has 1 N–H and O–H groups in total. The van der Waals surface area contributed by atoms with Gasteiger partial charge in [0.05, 0.1) is 17.1 Å². The van der Waals surface area contributed by atoms with Gasteiger partial charge >= 0.3 is 5.97 Å². The van der Waals surface area contributed by atoms with Crippen molar-refractivity contribution >= 4 is 38.2 Å². The van der Waals surface area contributed by atoms with Gasteiger partial charge in [-0.15, -0.1) is 11.3 Å². The SMILES string of the molecule is CCCCN(C)S(=O)(=O)c1ccc(C(=O)Nc2sc(C)c(C)c2C(=O)OCC)cc1. The minimum atomic E-state index is -3.60. The molecule has 0 saturated heterocycles. The summed E-state index contributed by atoms with van der Waals surface area (Å²) in [5.74, 6) is -0.906. The van der Waals surface area contributed by atoms with Crippen LogP contribution in [0.5, 0.6) is 0 Å². The van der Waals surface area contributed by atoms with Crippen LogP contribution in [0.4, 0.5) is 5.00 Å². The average Bonchev–Trinajstić information content (AvgIpc) is 2.99. The maximum atomic E-state index is 12.7. The predicted molar refractivity (Wildman–Crippen MR) is 119 cm³/mol. The van der Waals surface area contributed by atoms with Gasteiger partial charge in [-0.1, -0.05) is 13.3 Å². The van der Waals surface area contributed by atoms with E-state index >= 15 is 0 Å². The van der Waals surface area contributed by atoms with Crippen molar-refractivity contribution in [2.75, 3.05) is 25.5 Å². The highest BCUT2D eigenvalue weighted by Gasteiger charge is 2.23.